The molecule has 23 heavy (non-hydrogen) atoms. The molecule has 0 aromatic carbocycles. The SMILES string of the molecule is C=CCNC(=O)[C@@H](C)Sc1nc(C)c(C(=O)OCC)cc1C#N. The zero-order valence-corrected chi connectivity index (χ0v) is 14.2. The highest BCUT2D eigenvalue weighted by Crippen LogP contribution is 2.27. The normalized spacial score (nSPS) is 11.2. The van der Waals surface area contributed by atoms with E-state index < -0.39 is 11.2 Å². The summed E-state index contributed by atoms with van der Waals surface area (Å²) in [6.07, 6.45) is 1.59. The van der Waals surface area contributed by atoms with Crippen molar-refractivity contribution >= 4 is 23.6 Å². The van der Waals surface area contributed by atoms with Crippen LogP contribution in [0.1, 0.15) is 35.5 Å². The monoisotopic (exact) mass is 333 g/mol. The van der Waals surface area contributed by atoms with E-state index in [9.17, 15) is 14.9 Å². The van der Waals surface area contributed by atoms with Crippen molar-refractivity contribution < 1.29 is 14.3 Å². The maximum absolute atomic E-state index is 11.9. The maximum atomic E-state index is 11.9. The molecule has 1 N–H and O–H groups in total. The van der Waals surface area contributed by atoms with Gasteiger partial charge in [-0.2, -0.15) is 5.26 Å². The predicted molar refractivity (Wildman–Crippen MR) is 88.2 cm³/mol. The quantitative estimate of drug-likeness (QED) is 0.467. The van der Waals surface area contributed by atoms with Gasteiger partial charge in [0.1, 0.15) is 11.1 Å². The van der Waals surface area contributed by atoms with Crippen molar-refractivity contribution in [1.82, 2.24) is 10.3 Å². The number of carbonyl (C=O) groups excluding carboxylic acids is 2. The lowest BCUT2D eigenvalue weighted by molar-refractivity contribution is -0.120. The van der Waals surface area contributed by atoms with E-state index in [-0.39, 0.29) is 23.6 Å². The van der Waals surface area contributed by atoms with E-state index in [2.05, 4.69) is 16.9 Å². The van der Waals surface area contributed by atoms with Crippen LogP contribution in [0.2, 0.25) is 0 Å². The largest absolute Gasteiger partial charge is 0.462 e. The van der Waals surface area contributed by atoms with Gasteiger partial charge in [0, 0.05) is 6.54 Å². The lowest BCUT2D eigenvalue weighted by atomic mass is 10.1. The predicted octanol–water partition coefficient (Wildman–Crippen LogP) is 2.22. The average molecular weight is 333 g/mol. The number of aromatic nitrogens is 1. The zero-order valence-electron chi connectivity index (χ0n) is 13.4. The minimum Gasteiger partial charge on any atom is -0.462 e. The van der Waals surface area contributed by atoms with Crippen LogP contribution in [-0.2, 0) is 9.53 Å². The van der Waals surface area contributed by atoms with Crippen LogP contribution in [0.4, 0.5) is 0 Å². The van der Waals surface area contributed by atoms with Crippen LogP contribution >= 0.6 is 11.8 Å². The molecule has 0 aliphatic heterocycles. The summed E-state index contributed by atoms with van der Waals surface area (Å²) in [5.74, 6) is -0.685. The fourth-order valence-corrected chi connectivity index (χ4v) is 2.65. The highest BCUT2D eigenvalue weighted by molar-refractivity contribution is 8.00. The summed E-state index contributed by atoms with van der Waals surface area (Å²) in [7, 11) is 0. The summed E-state index contributed by atoms with van der Waals surface area (Å²) in [6.45, 7) is 9.26. The van der Waals surface area contributed by atoms with Crippen molar-refractivity contribution in [3.8, 4) is 6.07 Å². The van der Waals surface area contributed by atoms with Gasteiger partial charge in [0.2, 0.25) is 5.91 Å². The Morgan fingerprint density at radius 1 is 1.61 bits per heavy atom. The number of aryl methyl sites for hydroxylation is 1. The second kappa shape index (κ2) is 8.96. The second-order valence-corrected chi connectivity index (χ2v) is 5.93. The number of hydrogen-bond donors (Lipinski definition) is 1. The summed E-state index contributed by atoms with van der Waals surface area (Å²) in [6, 6.07) is 3.46. The minimum atomic E-state index is -0.512. The molecule has 0 unspecified atom stereocenters. The molecule has 1 aromatic heterocycles. The van der Waals surface area contributed by atoms with Crippen molar-refractivity contribution in [1.29, 1.82) is 5.26 Å². The topological polar surface area (TPSA) is 92.1 Å². The molecule has 1 aromatic rings. The Labute approximate surface area is 139 Å². The number of thioether (sulfide) groups is 1. The Morgan fingerprint density at radius 3 is 2.87 bits per heavy atom. The molecule has 0 radical (unpaired) electrons. The number of nitrogens with one attached hydrogen (secondary N) is 1. The number of nitrogens with zero attached hydrogens (tertiary/aromatic N) is 2. The lowest BCUT2D eigenvalue weighted by Crippen LogP contribution is -2.31. The van der Waals surface area contributed by atoms with Gasteiger partial charge in [0.25, 0.3) is 0 Å². The van der Waals surface area contributed by atoms with E-state index in [1.54, 1.807) is 26.8 Å². The molecule has 0 aliphatic rings. The van der Waals surface area contributed by atoms with Crippen molar-refractivity contribution in [2.75, 3.05) is 13.2 Å². The standard InChI is InChI=1S/C16H19N3O3S/c1-5-7-18-14(20)11(4)23-15-12(9-17)8-13(10(3)19-15)16(21)22-6-2/h5,8,11H,1,6-7H2,2-4H3,(H,18,20)/t11-/m1/s1. The molecular formula is C16H19N3O3S. The van der Waals surface area contributed by atoms with Gasteiger partial charge in [0.15, 0.2) is 0 Å². The molecule has 1 rings (SSSR count). The van der Waals surface area contributed by atoms with Gasteiger partial charge >= 0.3 is 5.97 Å². The third-order valence-electron chi connectivity index (χ3n) is 2.87. The van der Waals surface area contributed by atoms with Crippen LogP contribution < -0.4 is 5.32 Å². The Morgan fingerprint density at radius 2 is 2.30 bits per heavy atom. The Bertz CT molecular complexity index is 653. The number of nitriles is 1. The van der Waals surface area contributed by atoms with Gasteiger partial charge in [-0.15, -0.1) is 6.58 Å². The van der Waals surface area contributed by atoms with E-state index in [0.29, 0.717) is 17.3 Å². The van der Waals surface area contributed by atoms with Crippen LogP contribution in [0.5, 0.6) is 0 Å². The second-order valence-electron chi connectivity index (χ2n) is 4.60. The van der Waals surface area contributed by atoms with Crippen molar-refractivity contribution in [3.63, 3.8) is 0 Å². The van der Waals surface area contributed by atoms with Crippen LogP contribution in [0.25, 0.3) is 0 Å². The number of amides is 1. The third kappa shape index (κ3) is 5.11. The number of pyridine rings is 1. The molecule has 6 nitrogen and oxygen atoms in total. The van der Waals surface area contributed by atoms with E-state index in [4.69, 9.17) is 4.74 Å². The average Bonchev–Trinajstić information content (AvgIpc) is 2.52. The first kappa shape index (κ1) is 18.7. The third-order valence-corrected chi connectivity index (χ3v) is 3.97. The van der Waals surface area contributed by atoms with Crippen molar-refractivity contribution in [3.05, 3.63) is 35.5 Å². The Balaban J connectivity index is 3.02. The van der Waals surface area contributed by atoms with E-state index in [1.807, 2.05) is 6.07 Å². The van der Waals surface area contributed by atoms with Crippen molar-refractivity contribution in [2.45, 2.75) is 31.0 Å². The molecule has 0 bridgehead atoms. The summed E-state index contributed by atoms with van der Waals surface area (Å²) in [5, 5.41) is 11.9. The number of ether oxygens (including phenoxy) is 1. The first-order chi connectivity index (χ1) is 10.9. The molecule has 0 spiro atoms. The van der Waals surface area contributed by atoms with Gasteiger partial charge in [-0.25, -0.2) is 9.78 Å². The van der Waals surface area contributed by atoms with Crippen LogP contribution in [-0.4, -0.2) is 35.3 Å². The molecule has 1 atom stereocenters. The minimum absolute atomic E-state index is 0.173. The molecule has 0 saturated carbocycles. The van der Waals surface area contributed by atoms with Gasteiger partial charge < -0.3 is 10.1 Å². The Kier molecular flexibility index (Phi) is 7.29. The number of carbonyl (C=O) groups is 2. The zero-order chi connectivity index (χ0) is 17.4. The molecular weight excluding hydrogens is 314 g/mol. The summed E-state index contributed by atoms with van der Waals surface area (Å²) < 4.78 is 4.94. The molecule has 0 fully saturated rings. The van der Waals surface area contributed by atoms with Gasteiger partial charge in [-0.3, -0.25) is 4.79 Å². The number of rotatable bonds is 7. The molecule has 1 heterocycles. The number of hydrogen-bond acceptors (Lipinski definition) is 6. The molecule has 0 aliphatic carbocycles. The van der Waals surface area contributed by atoms with Gasteiger partial charge in [-0.05, 0) is 26.8 Å². The van der Waals surface area contributed by atoms with E-state index in [0.717, 1.165) is 0 Å². The molecule has 7 heteroatoms. The van der Waals surface area contributed by atoms with Crippen LogP contribution in [0.15, 0.2) is 23.7 Å². The van der Waals surface area contributed by atoms with Crippen LogP contribution in [0.3, 0.4) is 0 Å². The molecule has 0 saturated heterocycles. The molecule has 122 valence electrons. The lowest BCUT2D eigenvalue weighted by Gasteiger charge is -2.13. The summed E-state index contributed by atoms with van der Waals surface area (Å²) >= 11 is 1.17. The Hall–Kier alpha value is -2.33. The van der Waals surface area contributed by atoms with Gasteiger partial charge in [0.05, 0.1) is 28.7 Å². The van der Waals surface area contributed by atoms with E-state index >= 15 is 0 Å². The van der Waals surface area contributed by atoms with Gasteiger partial charge in [-0.1, -0.05) is 17.8 Å². The summed E-state index contributed by atoms with van der Waals surface area (Å²) in [5.41, 5.74) is 0.965. The smallest absolute Gasteiger partial charge is 0.340 e. The highest BCUT2D eigenvalue weighted by atomic mass is 32.2. The van der Waals surface area contributed by atoms with E-state index in [1.165, 1.54) is 17.8 Å². The summed E-state index contributed by atoms with van der Waals surface area (Å²) in [4.78, 5) is 28.0. The highest BCUT2D eigenvalue weighted by Gasteiger charge is 2.20. The maximum Gasteiger partial charge on any atom is 0.340 e. The first-order valence-corrected chi connectivity index (χ1v) is 7.96. The number of esters is 1. The van der Waals surface area contributed by atoms with Crippen molar-refractivity contribution in [2.24, 2.45) is 0 Å². The fourth-order valence-electron chi connectivity index (χ4n) is 1.71. The van der Waals surface area contributed by atoms with Crippen LogP contribution in [0, 0.1) is 18.3 Å². The first-order valence-electron chi connectivity index (χ1n) is 7.08. The molecule has 1 amide bonds. The fraction of sp³-hybridized carbons (Fsp3) is 0.375.